The lowest BCUT2D eigenvalue weighted by molar-refractivity contribution is -0.136. The van der Waals surface area contributed by atoms with E-state index in [1.165, 1.54) is 16.0 Å². The molecule has 0 bridgehead atoms. The van der Waals surface area contributed by atoms with Crippen LogP contribution >= 0.6 is 11.3 Å². The molecule has 3 aromatic rings. The highest BCUT2D eigenvalue weighted by molar-refractivity contribution is 7.10. The van der Waals surface area contributed by atoms with Crippen LogP contribution in [0.3, 0.4) is 0 Å². The first kappa shape index (κ1) is 21.5. The number of nitrogens with zero attached hydrogens (tertiary/aromatic N) is 1. The molecular weight excluding hydrogens is 438 g/mol. The summed E-state index contributed by atoms with van der Waals surface area (Å²) >= 11 is 1.66. The number of rotatable bonds is 5. The summed E-state index contributed by atoms with van der Waals surface area (Å²) in [5.74, 6) is -0.183. The molecule has 5 rings (SSSR count). The third-order valence-electron chi connectivity index (χ3n) is 5.93. The Labute approximate surface area is 196 Å². The molecule has 3 heterocycles. The molecule has 2 N–H and O–H groups in total. The highest BCUT2D eigenvalue weighted by Gasteiger charge is 2.27. The minimum atomic E-state index is -0.708. The number of benzene rings is 2. The summed E-state index contributed by atoms with van der Waals surface area (Å²) in [6.07, 6.45) is 0.969. The Balaban J connectivity index is 1.23. The Kier molecular flexibility index (Phi) is 6.28. The molecule has 0 radical (unpaired) electrons. The summed E-state index contributed by atoms with van der Waals surface area (Å²) in [6, 6.07) is 17.7. The van der Waals surface area contributed by atoms with E-state index in [2.05, 4.69) is 45.9 Å². The van der Waals surface area contributed by atoms with Gasteiger partial charge in [-0.1, -0.05) is 30.3 Å². The quantitative estimate of drug-likeness (QED) is 0.567. The van der Waals surface area contributed by atoms with Crippen LogP contribution in [0.1, 0.15) is 22.0 Å². The van der Waals surface area contributed by atoms with Crippen LogP contribution in [0.15, 0.2) is 60.0 Å². The van der Waals surface area contributed by atoms with Crippen LogP contribution in [0.4, 0.5) is 5.69 Å². The predicted octanol–water partition coefficient (Wildman–Crippen LogP) is 3.37. The first-order chi connectivity index (χ1) is 16.2. The number of carbonyl (C=O) groups is 2. The van der Waals surface area contributed by atoms with Gasteiger partial charge in [-0.3, -0.25) is 14.5 Å². The molecule has 2 aliphatic rings. The summed E-state index contributed by atoms with van der Waals surface area (Å²) in [7, 11) is 0. The van der Waals surface area contributed by atoms with Crippen LogP contribution < -0.4 is 20.1 Å². The molecule has 2 aromatic carbocycles. The standard InChI is InChI=1S/C25H25N3O4S/c29-24(25(30)27-19-7-8-21-22(14-19)32-12-11-31-21)26-15-20(23-6-3-13-33-23)28-10-9-17-4-1-2-5-18(17)16-28/h1-8,13-14,20H,9-12,15-16H2,(H,26,29)(H,27,30)/t20-/m0/s1. The fourth-order valence-corrected chi connectivity index (χ4v) is 5.11. The second kappa shape index (κ2) is 9.64. The van der Waals surface area contributed by atoms with Crippen LogP contribution in [-0.4, -0.2) is 43.0 Å². The van der Waals surface area contributed by atoms with Gasteiger partial charge >= 0.3 is 11.8 Å². The van der Waals surface area contributed by atoms with Gasteiger partial charge < -0.3 is 20.1 Å². The molecule has 0 saturated heterocycles. The summed E-state index contributed by atoms with van der Waals surface area (Å²) in [5.41, 5.74) is 3.18. The van der Waals surface area contributed by atoms with Crippen molar-refractivity contribution in [2.24, 2.45) is 0 Å². The number of hydrogen-bond donors (Lipinski definition) is 2. The van der Waals surface area contributed by atoms with Crippen molar-refractivity contribution in [1.29, 1.82) is 0 Å². The number of anilines is 1. The molecule has 0 unspecified atom stereocenters. The van der Waals surface area contributed by atoms with Gasteiger partial charge in [-0.25, -0.2) is 0 Å². The Hall–Kier alpha value is -3.36. The number of fused-ring (bicyclic) bond motifs is 2. The Morgan fingerprint density at radius 3 is 2.61 bits per heavy atom. The van der Waals surface area contributed by atoms with Gasteiger partial charge in [0.1, 0.15) is 13.2 Å². The fraction of sp³-hybridized carbons (Fsp3) is 0.280. The Morgan fingerprint density at radius 2 is 1.79 bits per heavy atom. The molecule has 0 spiro atoms. The minimum Gasteiger partial charge on any atom is -0.486 e. The van der Waals surface area contributed by atoms with Crippen molar-refractivity contribution in [2.45, 2.75) is 19.0 Å². The zero-order valence-electron chi connectivity index (χ0n) is 18.1. The van der Waals surface area contributed by atoms with E-state index in [1.54, 1.807) is 29.5 Å². The summed E-state index contributed by atoms with van der Waals surface area (Å²) in [4.78, 5) is 28.6. The normalized spacial score (nSPS) is 15.9. The second-order valence-electron chi connectivity index (χ2n) is 8.04. The smallest absolute Gasteiger partial charge is 0.313 e. The lowest BCUT2D eigenvalue weighted by atomic mass is 9.98. The molecule has 0 aliphatic carbocycles. The van der Waals surface area contributed by atoms with Gasteiger partial charge in [0.25, 0.3) is 0 Å². The molecule has 7 nitrogen and oxygen atoms in total. The van der Waals surface area contributed by atoms with Gasteiger partial charge in [-0.05, 0) is 41.1 Å². The molecule has 0 fully saturated rings. The highest BCUT2D eigenvalue weighted by atomic mass is 32.1. The molecule has 33 heavy (non-hydrogen) atoms. The largest absolute Gasteiger partial charge is 0.486 e. The fourth-order valence-electron chi connectivity index (χ4n) is 4.25. The number of hydrogen-bond acceptors (Lipinski definition) is 6. The number of amides is 2. The molecule has 2 aliphatic heterocycles. The Morgan fingerprint density at radius 1 is 0.970 bits per heavy atom. The van der Waals surface area contributed by atoms with E-state index in [4.69, 9.17) is 9.47 Å². The van der Waals surface area contributed by atoms with Gasteiger partial charge in [0, 0.05) is 36.3 Å². The average molecular weight is 464 g/mol. The van der Waals surface area contributed by atoms with Crippen LogP contribution in [0.2, 0.25) is 0 Å². The van der Waals surface area contributed by atoms with Crippen molar-refractivity contribution >= 4 is 28.8 Å². The monoisotopic (exact) mass is 463 g/mol. The maximum Gasteiger partial charge on any atom is 0.313 e. The van der Waals surface area contributed by atoms with Gasteiger partial charge in [-0.15, -0.1) is 11.3 Å². The topological polar surface area (TPSA) is 79.9 Å². The lowest BCUT2D eigenvalue weighted by Crippen LogP contribution is -2.43. The second-order valence-corrected chi connectivity index (χ2v) is 9.02. The lowest BCUT2D eigenvalue weighted by Gasteiger charge is -2.35. The van der Waals surface area contributed by atoms with Crippen molar-refractivity contribution in [3.05, 3.63) is 76.0 Å². The van der Waals surface area contributed by atoms with Crippen molar-refractivity contribution in [3.8, 4) is 11.5 Å². The molecular formula is C25H25N3O4S. The van der Waals surface area contributed by atoms with Gasteiger partial charge in [-0.2, -0.15) is 0 Å². The van der Waals surface area contributed by atoms with Crippen LogP contribution in [0.5, 0.6) is 11.5 Å². The van der Waals surface area contributed by atoms with Crippen molar-refractivity contribution in [2.75, 3.05) is 31.6 Å². The SMILES string of the molecule is O=C(NC[C@@H](c1cccs1)N1CCc2ccccc2C1)C(=O)Nc1ccc2c(c1)OCCO2. The Bertz CT molecular complexity index is 1150. The van der Waals surface area contributed by atoms with E-state index in [9.17, 15) is 9.59 Å². The molecule has 2 amide bonds. The van der Waals surface area contributed by atoms with E-state index < -0.39 is 11.8 Å². The molecule has 0 saturated carbocycles. The summed E-state index contributed by atoms with van der Waals surface area (Å²) in [6.45, 7) is 3.03. The minimum absolute atomic E-state index is 0.00407. The zero-order chi connectivity index (χ0) is 22.6. The number of thiophene rings is 1. The highest BCUT2D eigenvalue weighted by Crippen LogP contribution is 2.33. The van der Waals surface area contributed by atoms with Crippen molar-refractivity contribution in [1.82, 2.24) is 10.2 Å². The number of nitrogens with one attached hydrogen (secondary N) is 2. The van der Waals surface area contributed by atoms with E-state index in [0.717, 1.165) is 19.5 Å². The third-order valence-corrected chi connectivity index (χ3v) is 6.91. The van der Waals surface area contributed by atoms with Crippen molar-refractivity contribution < 1.29 is 19.1 Å². The van der Waals surface area contributed by atoms with E-state index in [1.807, 2.05) is 11.4 Å². The summed E-state index contributed by atoms with van der Waals surface area (Å²) in [5, 5.41) is 7.52. The molecule has 170 valence electrons. The summed E-state index contributed by atoms with van der Waals surface area (Å²) < 4.78 is 11.0. The van der Waals surface area contributed by atoms with Gasteiger partial charge in [0.05, 0.1) is 6.04 Å². The average Bonchev–Trinajstić information content (AvgIpc) is 3.38. The van der Waals surface area contributed by atoms with Gasteiger partial charge in [0.2, 0.25) is 0 Å². The van der Waals surface area contributed by atoms with E-state index in [0.29, 0.717) is 36.9 Å². The third kappa shape index (κ3) is 4.86. The van der Waals surface area contributed by atoms with Crippen molar-refractivity contribution in [3.63, 3.8) is 0 Å². The van der Waals surface area contributed by atoms with Crippen LogP contribution in [0, 0.1) is 0 Å². The predicted molar refractivity (Wildman–Crippen MR) is 127 cm³/mol. The first-order valence-corrected chi connectivity index (χ1v) is 11.9. The van der Waals surface area contributed by atoms with Crippen LogP contribution in [-0.2, 0) is 22.6 Å². The van der Waals surface area contributed by atoms with Gasteiger partial charge in [0.15, 0.2) is 11.5 Å². The zero-order valence-corrected chi connectivity index (χ0v) is 18.9. The molecule has 8 heteroatoms. The van der Waals surface area contributed by atoms with Crippen LogP contribution in [0.25, 0.3) is 0 Å². The van der Waals surface area contributed by atoms with E-state index >= 15 is 0 Å². The first-order valence-electron chi connectivity index (χ1n) is 11.0. The number of ether oxygens (including phenoxy) is 2. The number of carbonyl (C=O) groups excluding carboxylic acids is 2. The maximum atomic E-state index is 12.6. The maximum absolute atomic E-state index is 12.6. The molecule has 1 aromatic heterocycles. The molecule has 1 atom stereocenters. The van der Waals surface area contributed by atoms with E-state index in [-0.39, 0.29) is 6.04 Å².